The van der Waals surface area contributed by atoms with E-state index >= 15 is 0 Å². The Morgan fingerprint density at radius 1 is 1.21 bits per heavy atom. The van der Waals surface area contributed by atoms with E-state index in [0.29, 0.717) is 5.92 Å². The van der Waals surface area contributed by atoms with Crippen molar-refractivity contribution in [3.63, 3.8) is 0 Å². The van der Waals surface area contributed by atoms with Crippen LogP contribution in [0.1, 0.15) is 30.1 Å². The van der Waals surface area contributed by atoms with Gasteiger partial charge in [-0.15, -0.1) is 11.3 Å². The Hall–Kier alpha value is -0.900. The standard InChI is InChI=1S/C15H18N2S.ClH/c1-11-14(12-5-3-2-4-6-12)17-15(18-11)13-7-9-16-10-8-13;/h2-6,13,16H,7-10H2,1H3;1H. The predicted molar refractivity (Wildman–Crippen MR) is 78.2 cm³/mol. The monoisotopic (exact) mass is 294 g/mol. The number of halogens is 1. The molecular weight excluding hydrogens is 276 g/mol. The first-order valence-corrected chi connectivity index (χ1v) is 7.39. The molecule has 1 saturated heterocycles. The molecule has 3 rings (SSSR count). The van der Waals surface area contributed by atoms with Crippen molar-refractivity contribution >= 4 is 11.3 Å². The van der Waals surface area contributed by atoms with Crippen LogP contribution in [0.2, 0.25) is 0 Å². The summed E-state index contributed by atoms with van der Waals surface area (Å²) < 4.78 is 0. The van der Waals surface area contributed by atoms with Crippen molar-refractivity contribution in [2.45, 2.75) is 25.7 Å². The van der Waals surface area contributed by atoms with Crippen molar-refractivity contribution in [3.8, 4) is 11.3 Å². The van der Waals surface area contributed by atoms with Crippen molar-refractivity contribution in [1.82, 2.24) is 10.3 Å². The van der Waals surface area contributed by atoms with Crippen LogP contribution >= 0.6 is 11.3 Å². The number of hydrogen-bond donors (Lipinski definition) is 1. The van der Waals surface area contributed by atoms with Crippen molar-refractivity contribution in [2.75, 3.05) is 13.1 Å². The summed E-state index contributed by atoms with van der Waals surface area (Å²) >= 11 is 1.88. The molecule has 1 aliphatic rings. The Kier molecular flexibility index (Phi) is 4.97. The highest BCUT2D eigenvalue weighted by Crippen LogP contribution is 2.34. The van der Waals surface area contributed by atoms with Gasteiger partial charge in [0.2, 0.25) is 0 Å². The molecule has 0 amide bonds. The van der Waals surface area contributed by atoms with Gasteiger partial charge in [0.1, 0.15) is 0 Å². The molecule has 4 heteroatoms. The van der Waals surface area contributed by atoms with Crippen molar-refractivity contribution in [1.29, 1.82) is 0 Å². The fourth-order valence-corrected chi connectivity index (χ4v) is 3.64. The second kappa shape index (κ2) is 6.51. The second-order valence-electron chi connectivity index (χ2n) is 4.85. The van der Waals surface area contributed by atoms with Crippen LogP contribution < -0.4 is 17.7 Å². The van der Waals surface area contributed by atoms with Gasteiger partial charge in [0.15, 0.2) is 0 Å². The van der Waals surface area contributed by atoms with Crippen molar-refractivity contribution < 1.29 is 13.8 Å². The molecule has 1 aliphatic heterocycles. The van der Waals surface area contributed by atoms with E-state index in [0.717, 1.165) is 13.1 Å². The first-order chi connectivity index (χ1) is 8.84. The summed E-state index contributed by atoms with van der Waals surface area (Å²) in [6.45, 7) is 4.44. The number of aryl methyl sites for hydroxylation is 1. The smallest absolute Gasteiger partial charge is 1.00 e. The Bertz CT molecular complexity index is 524. The van der Waals surface area contributed by atoms with Crippen LogP contribution in [0.25, 0.3) is 11.3 Å². The molecule has 2 aromatic rings. The number of hydrogen-bond acceptors (Lipinski definition) is 3. The normalized spacial score (nSPS) is 16.1. The maximum absolute atomic E-state index is 4.89. The molecule has 2 heterocycles. The number of nitrogens with zero attached hydrogens (tertiary/aromatic N) is 1. The molecular formula is C15H19ClN2S. The topological polar surface area (TPSA) is 24.9 Å². The molecule has 1 aromatic heterocycles. The van der Waals surface area contributed by atoms with Gasteiger partial charge < -0.3 is 17.7 Å². The molecule has 1 fully saturated rings. The third-order valence-corrected chi connectivity index (χ3v) is 4.68. The number of aromatic nitrogens is 1. The lowest BCUT2D eigenvalue weighted by atomic mass is 9.99. The van der Waals surface area contributed by atoms with E-state index in [2.05, 4.69) is 42.6 Å². The zero-order valence-corrected chi connectivity index (χ0v) is 12.6. The lowest BCUT2D eigenvalue weighted by Gasteiger charge is -2.20. The fraction of sp³-hybridized carbons (Fsp3) is 0.400. The van der Waals surface area contributed by atoms with E-state index in [4.69, 9.17) is 4.98 Å². The Morgan fingerprint density at radius 3 is 2.58 bits per heavy atom. The SMILES string of the molecule is Cc1sc(C2CCNCC2)nc1-c1ccccc1.[Cl-].[H+]. The highest BCUT2D eigenvalue weighted by atomic mass is 35.5. The first-order valence-electron chi connectivity index (χ1n) is 6.58. The van der Waals surface area contributed by atoms with E-state index in [9.17, 15) is 0 Å². The second-order valence-corrected chi connectivity index (χ2v) is 6.08. The minimum Gasteiger partial charge on any atom is -1.00 e. The molecule has 102 valence electrons. The lowest BCUT2D eigenvalue weighted by molar-refractivity contribution is -0.00000369. The highest BCUT2D eigenvalue weighted by Gasteiger charge is 2.20. The van der Waals surface area contributed by atoms with Crippen LogP contribution in [0, 0.1) is 6.92 Å². The maximum Gasteiger partial charge on any atom is 1.00 e. The lowest BCUT2D eigenvalue weighted by Crippen LogP contribution is -3.00. The van der Waals surface area contributed by atoms with Crippen LogP contribution in [0.5, 0.6) is 0 Å². The van der Waals surface area contributed by atoms with Gasteiger partial charge in [0.05, 0.1) is 10.7 Å². The van der Waals surface area contributed by atoms with Crippen molar-refractivity contribution in [2.24, 2.45) is 0 Å². The minimum atomic E-state index is 0. The summed E-state index contributed by atoms with van der Waals surface area (Å²) in [6, 6.07) is 10.5. The maximum atomic E-state index is 4.89. The van der Waals surface area contributed by atoms with Gasteiger partial charge in [-0.1, -0.05) is 30.3 Å². The van der Waals surface area contributed by atoms with E-state index < -0.39 is 0 Å². The molecule has 0 bridgehead atoms. The van der Waals surface area contributed by atoms with E-state index in [-0.39, 0.29) is 13.8 Å². The number of thiazole rings is 1. The number of benzene rings is 1. The summed E-state index contributed by atoms with van der Waals surface area (Å²) in [6.07, 6.45) is 2.45. The third kappa shape index (κ3) is 3.16. The molecule has 1 N–H and O–H groups in total. The largest absolute Gasteiger partial charge is 1.00 e. The number of rotatable bonds is 2. The average Bonchev–Trinajstić information content (AvgIpc) is 2.83. The summed E-state index contributed by atoms with van der Waals surface area (Å²) in [5.41, 5.74) is 2.42. The Balaban J connectivity index is 0.000001000. The van der Waals surface area contributed by atoms with Gasteiger partial charge in [0.25, 0.3) is 0 Å². The van der Waals surface area contributed by atoms with Gasteiger partial charge in [0, 0.05) is 16.4 Å². The first kappa shape index (κ1) is 14.5. The van der Waals surface area contributed by atoms with Gasteiger partial charge in [-0.05, 0) is 32.9 Å². The Morgan fingerprint density at radius 2 is 1.89 bits per heavy atom. The van der Waals surface area contributed by atoms with Gasteiger partial charge in [-0.2, -0.15) is 0 Å². The summed E-state index contributed by atoms with van der Waals surface area (Å²) in [5, 5.41) is 4.74. The fourth-order valence-electron chi connectivity index (χ4n) is 2.52. The van der Waals surface area contributed by atoms with E-state index in [1.54, 1.807) is 0 Å². The predicted octanol–water partition coefficient (Wildman–Crippen LogP) is 0.702. The van der Waals surface area contributed by atoms with E-state index in [1.165, 1.54) is 34.0 Å². The van der Waals surface area contributed by atoms with Crippen molar-refractivity contribution in [3.05, 3.63) is 40.2 Å². The number of nitrogens with one attached hydrogen (secondary N) is 1. The van der Waals surface area contributed by atoms with E-state index in [1.807, 2.05) is 11.3 Å². The van der Waals surface area contributed by atoms with Gasteiger partial charge in [-0.25, -0.2) is 4.98 Å². The molecule has 0 unspecified atom stereocenters. The van der Waals surface area contributed by atoms with Crippen LogP contribution in [0.4, 0.5) is 0 Å². The molecule has 19 heavy (non-hydrogen) atoms. The summed E-state index contributed by atoms with van der Waals surface area (Å²) in [7, 11) is 0. The molecule has 0 saturated carbocycles. The molecule has 0 radical (unpaired) electrons. The van der Waals surface area contributed by atoms with Crippen LogP contribution in [0.3, 0.4) is 0 Å². The summed E-state index contributed by atoms with van der Waals surface area (Å²) in [4.78, 5) is 6.24. The summed E-state index contributed by atoms with van der Waals surface area (Å²) in [5.74, 6) is 0.660. The Labute approximate surface area is 126 Å². The van der Waals surface area contributed by atoms with Crippen LogP contribution in [-0.2, 0) is 0 Å². The zero-order valence-electron chi connectivity index (χ0n) is 12.0. The van der Waals surface area contributed by atoms with Crippen LogP contribution in [0.15, 0.2) is 30.3 Å². The minimum absolute atomic E-state index is 0. The average molecular weight is 295 g/mol. The number of piperidine rings is 1. The highest BCUT2D eigenvalue weighted by molar-refractivity contribution is 7.12. The molecule has 0 atom stereocenters. The third-order valence-electron chi connectivity index (χ3n) is 3.55. The quantitative estimate of drug-likeness (QED) is 0.882. The molecule has 1 aromatic carbocycles. The molecule has 0 aliphatic carbocycles. The zero-order chi connectivity index (χ0) is 12.4. The molecule has 2 nitrogen and oxygen atoms in total. The van der Waals surface area contributed by atoms with Gasteiger partial charge in [-0.3, -0.25) is 0 Å². The van der Waals surface area contributed by atoms with Crippen LogP contribution in [-0.4, -0.2) is 18.1 Å². The molecule has 0 spiro atoms. The van der Waals surface area contributed by atoms with Gasteiger partial charge >= 0.3 is 1.43 Å².